The van der Waals surface area contributed by atoms with Crippen LogP contribution in [0.5, 0.6) is 0 Å². The van der Waals surface area contributed by atoms with Gasteiger partial charge < -0.3 is 19.1 Å². The van der Waals surface area contributed by atoms with E-state index < -0.39 is 0 Å². The molecule has 0 bridgehead atoms. The average Bonchev–Trinajstić information content (AvgIpc) is 3.50. The normalized spacial score (nSPS) is 16.1. The highest BCUT2D eigenvalue weighted by molar-refractivity contribution is 5.98. The molecule has 40 heavy (non-hydrogen) atoms. The zero-order valence-corrected chi connectivity index (χ0v) is 23.4. The molecule has 0 spiro atoms. The van der Waals surface area contributed by atoms with E-state index in [1.807, 2.05) is 59.7 Å². The van der Waals surface area contributed by atoms with Crippen LogP contribution in [0.25, 0.3) is 11.0 Å². The predicted octanol–water partition coefficient (Wildman–Crippen LogP) is 5.63. The summed E-state index contributed by atoms with van der Waals surface area (Å²) >= 11 is 0. The number of carbonyl (C=O) groups is 2. The number of methoxy groups -OCH3 is 1. The second-order valence-corrected chi connectivity index (χ2v) is 10.4. The van der Waals surface area contributed by atoms with Crippen molar-refractivity contribution in [3.63, 3.8) is 0 Å². The largest absolute Gasteiger partial charge is 0.383 e. The van der Waals surface area contributed by atoms with Crippen molar-refractivity contribution in [1.82, 2.24) is 9.55 Å². The van der Waals surface area contributed by atoms with E-state index in [-0.39, 0.29) is 42.6 Å². The molecule has 1 saturated heterocycles. The van der Waals surface area contributed by atoms with Gasteiger partial charge in [0.15, 0.2) is 0 Å². The van der Waals surface area contributed by atoms with Gasteiger partial charge in [-0.2, -0.15) is 0 Å². The summed E-state index contributed by atoms with van der Waals surface area (Å²) in [4.78, 5) is 35.8. The van der Waals surface area contributed by atoms with Gasteiger partial charge in [-0.05, 0) is 67.8 Å². The molecular formula is C32H35FN4O3. The zero-order valence-electron chi connectivity index (χ0n) is 23.4. The molecule has 2 atom stereocenters. The number of halogens is 1. The van der Waals surface area contributed by atoms with Crippen LogP contribution in [0.1, 0.15) is 43.1 Å². The minimum absolute atomic E-state index is 0.0515. The third kappa shape index (κ3) is 5.23. The molecule has 208 valence electrons. The number of para-hydroxylation sites is 3. The van der Waals surface area contributed by atoms with Crippen LogP contribution in [0.2, 0.25) is 0 Å². The molecule has 0 saturated carbocycles. The summed E-state index contributed by atoms with van der Waals surface area (Å²) in [6, 6.07) is 19.6. The minimum atomic E-state index is -0.348. The maximum absolute atomic E-state index is 14.2. The fourth-order valence-electron chi connectivity index (χ4n) is 5.79. The van der Waals surface area contributed by atoms with Crippen LogP contribution in [-0.4, -0.2) is 47.7 Å². The number of ether oxygens (including phenoxy) is 1. The molecule has 2 unspecified atom stereocenters. The van der Waals surface area contributed by atoms with Gasteiger partial charge in [-0.3, -0.25) is 9.59 Å². The van der Waals surface area contributed by atoms with E-state index in [0.717, 1.165) is 34.3 Å². The van der Waals surface area contributed by atoms with Crippen LogP contribution >= 0.6 is 0 Å². The Morgan fingerprint density at radius 2 is 1.88 bits per heavy atom. The molecule has 3 aromatic carbocycles. The van der Waals surface area contributed by atoms with Crippen molar-refractivity contribution in [2.24, 2.45) is 0 Å². The minimum Gasteiger partial charge on any atom is -0.383 e. The molecule has 1 fully saturated rings. The Morgan fingerprint density at radius 1 is 1.12 bits per heavy atom. The molecule has 0 aliphatic carbocycles. The fraction of sp³-hybridized carbons (Fsp3) is 0.344. The summed E-state index contributed by atoms with van der Waals surface area (Å²) in [7, 11) is 1.64. The van der Waals surface area contributed by atoms with Crippen LogP contribution < -0.4 is 9.80 Å². The summed E-state index contributed by atoms with van der Waals surface area (Å²) in [5.74, 6) is 0.0149. The first kappa shape index (κ1) is 27.5. The van der Waals surface area contributed by atoms with Crippen LogP contribution in [0.3, 0.4) is 0 Å². The van der Waals surface area contributed by atoms with Crippen LogP contribution in [0.15, 0.2) is 66.7 Å². The fourth-order valence-corrected chi connectivity index (χ4v) is 5.79. The van der Waals surface area contributed by atoms with E-state index in [4.69, 9.17) is 9.72 Å². The molecule has 0 radical (unpaired) electrons. The van der Waals surface area contributed by atoms with E-state index in [1.54, 1.807) is 24.1 Å². The summed E-state index contributed by atoms with van der Waals surface area (Å²) in [6.07, 6.45) is 1.06. The quantitative estimate of drug-likeness (QED) is 0.275. The van der Waals surface area contributed by atoms with E-state index >= 15 is 0 Å². The molecule has 7 nitrogen and oxygen atoms in total. The Kier molecular flexibility index (Phi) is 7.98. The number of rotatable bonds is 9. The smallest absolute Gasteiger partial charge is 0.247 e. The topological polar surface area (TPSA) is 67.7 Å². The van der Waals surface area contributed by atoms with Gasteiger partial charge >= 0.3 is 0 Å². The number of fused-ring (bicyclic) bond motifs is 1. The Balaban J connectivity index is 1.53. The van der Waals surface area contributed by atoms with Crippen LogP contribution in [0.4, 0.5) is 15.8 Å². The van der Waals surface area contributed by atoms with Crippen molar-refractivity contribution >= 4 is 34.2 Å². The molecule has 4 aromatic rings. The number of imidazole rings is 1. The molecule has 5 rings (SSSR count). The highest BCUT2D eigenvalue weighted by atomic mass is 19.1. The monoisotopic (exact) mass is 542 g/mol. The average molecular weight is 543 g/mol. The van der Waals surface area contributed by atoms with Gasteiger partial charge in [-0.25, -0.2) is 9.37 Å². The van der Waals surface area contributed by atoms with Crippen molar-refractivity contribution in [3.05, 3.63) is 89.5 Å². The van der Waals surface area contributed by atoms with Crippen molar-refractivity contribution < 1.29 is 18.7 Å². The first-order valence-corrected chi connectivity index (χ1v) is 13.7. The van der Waals surface area contributed by atoms with Gasteiger partial charge in [0.2, 0.25) is 11.8 Å². The summed E-state index contributed by atoms with van der Waals surface area (Å²) in [5, 5.41) is 0. The second-order valence-electron chi connectivity index (χ2n) is 10.4. The number of nitrogens with zero attached hydrogens (tertiary/aromatic N) is 4. The summed E-state index contributed by atoms with van der Waals surface area (Å²) < 4.78 is 20.9. The summed E-state index contributed by atoms with van der Waals surface area (Å²) in [6.45, 7) is 6.99. The number of carbonyl (C=O) groups excluding carboxylic acids is 2. The predicted molar refractivity (Wildman–Crippen MR) is 155 cm³/mol. The first-order chi connectivity index (χ1) is 19.3. The third-order valence-electron chi connectivity index (χ3n) is 7.67. The van der Waals surface area contributed by atoms with Gasteiger partial charge in [-0.15, -0.1) is 0 Å². The number of benzene rings is 3. The van der Waals surface area contributed by atoms with Gasteiger partial charge in [0.1, 0.15) is 18.2 Å². The Labute approximate surface area is 234 Å². The number of amides is 2. The molecule has 2 amide bonds. The first-order valence-electron chi connectivity index (χ1n) is 13.7. The van der Waals surface area contributed by atoms with Crippen molar-refractivity contribution in [1.29, 1.82) is 0 Å². The number of anilines is 2. The van der Waals surface area contributed by atoms with Crippen molar-refractivity contribution in [2.75, 3.05) is 30.1 Å². The number of aromatic nitrogens is 2. The molecular weight excluding hydrogens is 507 g/mol. The van der Waals surface area contributed by atoms with Gasteiger partial charge in [0.25, 0.3) is 0 Å². The van der Waals surface area contributed by atoms with Gasteiger partial charge in [0, 0.05) is 31.7 Å². The molecule has 1 aromatic heterocycles. The Bertz CT molecular complexity index is 1530. The van der Waals surface area contributed by atoms with E-state index in [1.165, 1.54) is 12.1 Å². The third-order valence-corrected chi connectivity index (χ3v) is 7.67. The Hall–Kier alpha value is -4.04. The molecule has 2 heterocycles. The van der Waals surface area contributed by atoms with Crippen LogP contribution in [0, 0.1) is 12.7 Å². The second kappa shape index (κ2) is 11.6. The molecule has 1 aliphatic rings. The van der Waals surface area contributed by atoms with Gasteiger partial charge in [0.05, 0.1) is 29.4 Å². The maximum Gasteiger partial charge on any atom is 0.247 e. The van der Waals surface area contributed by atoms with Gasteiger partial charge in [-0.1, -0.05) is 37.3 Å². The van der Waals surface area contributed by atoms with Crippen molar-refractivity contribution in [3.8, 4) is 0 Å². The standard InChI is InChI=1S/C32H35FN4O3/c1-5-23-10-8-9-21(2)31(23)37(22(3)20-40-4)30(39)19-36-28-12-7-6-11-27(28)34-32(36)24-17-29(38)35(18-24)26-15-13-25(33)14-16-26/h6-16,22,24H,5,17-20H2,1-4H3. The number of hydrogen-bond donors (Lipinski definition) is 0. The summed E-state index contributed by atoms with van der Waals surface area (Å²) in [5.41, 5.74) is 5.33. The van der Waals surface area contributed by atoms with E-state index in [0.29, 0.717) is 24.7 Å². The highest BCUT2D eigenvalue weighted by Crippen LogP contribution is 2.34. The Morgan fingerprint density at radius 3 is 2.60 bits per heavy atom. The maximum atomic E-state index is 14.2. The lowest BCUT2D eigenvalue weighted by Crippen LogP contribution is -2.44. The zero-order chi connectivity index (χ0) is 28.4. The van der Waals surface area contributed by atoms with Crippen molar-refractivity contribution in [2.45, 2.75) is 52.1 Å². The number of hydrogen-bond acceptors (Lipinski definition) is 4. The molecule has 0 N–H and O–H groups in total. The molecule has 8 heteroatoms. The lowest BCUT2D eigenvalue weighted by atomic mass is 10.0. The lowest BCUT2D eigenvalue weighted by molar-refractivity contribution is -0.120. The SMILES string of the molecule is CCc1cccc(C)c1N(C(=O)Cn1c(C2CC(=O)N(c3ccc(F)cc3)C2)nc2ccccc21)C(C)COC. The molecule has 1 aliphatic heterocycles. The number of aryl methyl sites for hydroxylation is 2. The van der Waals surface area contributed by atoms with E-state index in [9.17, 15) is 14.0 Å². The highest BCUT2D eigenvalue weighted by Gasteiger charge is 2.36. The van der Waals surface area contributed by atoms with E-state index in [2.05, 4.69) is 13.0 Å². The lowest BCUT2D eigenvalue weighted by Gasteiger charge is -2.32. The van der Waals surface area contributed by atoms with Crippen LogP contribution in [-0.2, 0) is 27.3 Å².